The minimum absolute atomic E-state index is 0.0570. The zero-order valence-corrected chi connectivity index (χ0v) is 23.6. The molecule has 1 saturated carbocycles. The fourth-order valence-electron chi connectivity index (χ4n) is 6.02. The smallest absolute Gasteiger partial charge is 0.416 e. The number of carbonyl (C=O) groups excluding carboxylic acids is 2. The number of rotatable bonds is 7. The van der Waals surface area contributed by atoms with Crippen molar-refractivity contribution in [3.63, 3.8) is 0 Å². The van der Waals surface area contributed by atoms with Crippen LogP contribution < -0.4 is 15.5 Å². The average Bonchev–Trinajstić information content (AvgIpc) is 3.52. The normalized spacial score (nSPS) is 19.3. The van der Waals surface area contributed by atoms with Gasteiger partial charge in [0.05, 0.1) is 11.5 Å². The number of anilines is 2. The summed E-state index contributed by atoms with van der Waals surface area (Å²) in [4.78, 5) is 28.3. The van der Waals surface area contributed by atoms with Gasteiger partial charge in [-0.15, -0.1) is 0 Å². The van der Waals surface area contributed by atoms with Crippen LogP contribution in [-0.4, -0.2) is 24.6 Å². The third-order valence-electron chi connectivity index (χ3n) is 8.23. The molecular weight excluding hydrogens is 543 g/mol. The lowest BCUT2D eigenvalue weighted by molar-refractivity contribution is -0.138. The molecule has 0 unspecified atom stereocenters. The van der Waals surface area contributed by atoms with Gasteiger partial charge < -0.3 is 15.4 Å². The van der Waals surface area contributed by atoms with Crippen molar-refractivity contribution in [2.24, 2.45) is 5.92 Å². The van der Waals surface area contributed by atoms with E-state index < -0.39 is 17.7 Å². The number of piperidine rings is 1. The third kappa shape index (κ3) is 6.95. The largest absolute Gasteiger partial charge is 0.444 e. The molecule has 0 radical (unpaired) electrons. The Morgan fingerprint density at radius 3 is 2.36 bits per heavy atom. The minimum Gasteiger partial charge on any atom is -0.444 e. The lowest BCUT2D eigenvalue weighted by Gasteiger charge is -2.33. The van der Waals surface area contributed by atoms with Crippen LogP contribution in [0.2, 0.25) is 0 Å². The molecule has 5 rings (SSSR count). The second-order valence-electron chi connectivity index (χ2n) is 11.1. The SMILES string of the molecule is Cc1ccc(NC(=O)[C@H]2CCCN[C@H]2c2ccc(N(C(=O)OCc3ccccc3)C3CCCC3)cc2)cc1C(F)(F)F. The standard InChI is InChI=1S/C33H36F3N3O3/c1-22-13-16-25(20-29(22)33(34,35)36)38-31(40)28-12-7-19-37-30(28)24-14-17-27(18-15-24)39(26-10-5-6-11-26)32(41)42-21-23-8-3-2-4-9-23/h2-4,8-9,13-18,20,26,28,30,37H,5-7,10-12,19,21H2,1H3,(H,38,40)/t28-,30-/m0/s1. The van der Waals surface area contributed by atoms with Crippen LogP contribution in [0.25, 0.3) is 0 Å². The molecule has 1 aliphatic carbocycles. The fraction of sp³-hybridized carbons (Fsp3) is 0.394. The number of amides is 2. The van der Waals surface area contributed by atoms with Gasteiger partial charge in [0, 0.05) is 23.5 Å². The number of carbonyl (C=O) groups is 2. The van der Waals surface area contributed by atoms with E-state index in [4.69, 9.17) is 4.74 Å². The van der Waals surface area contributed by atoms with Crippen molar-refractivity contribution < 1.29 is 27.5 Å². The number of nitrogens with one attached hydrogen (secondary N) is 2. The zero-order valence-electron chi connectivity index (χ0n) is 23.6. The predicted octanol–water partition coefficient (Wildman–Crippen LogP) is 7.78. The summed E-state index contributed by atoms with van der Waals surface area (Å²) < 4.78 is 45.9. The highest BCUT2D eigenvalue weighted by Crippen LogP contribution is 2.36. The van der Waals surface area contributed by atoms with E-state index in [0.29, 0.717) is 6.42 Å². The molecule has 0 bridgehead atoms. The second-order valence-corrected chi connectivity index (χ2v) is 11.1. The van der Waals surface area contributed by atoms with Crippen LogP contribution in [0.15, 0.2) is 72.8 Å². The third-order valence-corrected chi connectivity index (χ3v) is 8.23. The van der Waals surface area contributed by atoms with E-state index in [-0.39, 0.29) is 41.9 Å². The number of aryl methyl sites for hydroxylation is 1. The van der Waals surface area contributed by atoms with Gasteiger partial charge in [-0.1, -0.05) is 61.4 Å². The number of alkyl halides is 3. The molecule has 1 aliphatic heterocycles. The van der Waals surface area contributed by atoms with Crippen molar-refractivity contribution in [2.45, 2.75) is 70.3 Å². The molecular formula is C33H36F3N3O3. The van der Waals surface area contributed by atoms with Crippen molar-refractivity contribution in [3.8, 4) is 0 Å². The number of halogens is 3. The molecule has 1 saturated heterocycles. The predicted molar refractivity (Wildman–Crippen MR) is 156 cm³/mol. The first-order valence-corrected chi connectivity index (χ1v) is 14.5. The summed E-state index contributed by atoms with van der Waals surface area (Å²) in [6, 6.07) is 20.8. The van der Waals surface area contributed by atoms with E-state index in [0.717, 1.165) is 61.5 Å². The molecule has 6 nitrogen and oxygen atoms in total. The van der Waals surface area contributed by atoms with E-state index in [1.807, 2.05) is 54.6 Å². The maximum atomic E-state index is 13.4. The molecule has 2 fully saturated rings. The molecule has 1 heterocycles. The summed E-state index contributed by atoms with van der Waals surface area (Å²) >= 11 is 0. The van der Waals surface area contributed by atoms with Crippen LogP contribution in [0.5, 0.6) is 0 Å². The maximum absolute atomic E-state index is 13.4. The van der Waals surface area contributed by atoms with Gasteiger partial charge in [0.2, 0.25) is 5.91 Å². The topological polar surface area (TPSA) is 70.7 Å². The van der Waals surface area contributed by atoms with Crippen molar-refractivity contribution in [3.05, 3.63) is 95.1 Å². The summed E-state index contributed by atoms with van der Waals surface area (Å²) in [5.74, 6) is -0.799. The highest BCUT2D eigenvalue weighted by atomic mass is 19.4. The molecule has 2 amide bonds. The fourth-order valence-corrected chi connectivity index (χ4v) is 6.02. The first-order valence-electron chi connectivity index (χ1n) is 14.5. The minimum atomic E-state index is -4.50. The van der Waals surface area contributed by atoms with E-state index in [1.54, 1.807) is 4.90 Å². The molecule has 2 atom stereocenters. The highest BCUT2D eigenvalue weighted by molar-refractivity contribution is 5.93. The number of ether oxygens (including phenoxy) is 1. The molecule has 3 aromatic rings. The Balaban J connectivity index is 1.31. The number of benzene rings is 3. The molecule has 0 aromatic heterocycles. The molecule has 3 aromatic carbocycles. The van der Waals surface area contributed by atoms with Crippen LogP contribution in [-0.2, 0) is 22.3 Å². The Morgan fingerprint density at radius 2 is 1.67 bits per heavy atom. The van der Waals surface area contributed by atoms with Crippen LogP contribution in [0.3, 0.4) is 0 Å². The maximum Gasteiger partial charge on any atom is 0.416 e. The Bertz CT molecular complexity index is 1370. The summed E-state index contributed by atoms with van der Waals surface area (Å²) in [6.07, 6.45) is 0.414. The molecule has 2 N–H and O–H groups in total. The van der Waals surface area contributed by atoms with Crippen LogP contribution >= 0.6 is 0 Å². The van der Waals surface area contributed by atoms with Gasteiger partial charge in [0.15, 0.2) is 0 Å². The molecule has 9 heteroatoms. The molecule has 0 spiro atoms. The molecule has 42 heavy (non-hydrogen) atoms. The van der Waals surface area contributed by atoms with Gasteiger partial charge in [-0.25, -0.2) is 4.79 Å². The lowest BCUT2D eigenvalue weighted by atomic mass is 9.85. The summed E-state index contributed by atoms with van der Waals surface area (Å²) in [5.41, 5.74) is 2.00. The molecule has 222 valence electrons. The van der Waals surface area contributed by atoms with Crippen LogP contribution in [0, 0.1) is 12.8 Å². The van der Waals surface area contributed by atoms with Crippen molar-refractivity contribution in [1.29, 1.82) is 0 Å². The first-order chi connectivity index (χ1) is 20.2. The van der Waals surface area contributed by atoms with Crippen molar-refractivity contribution in [1.82, 2.24) is 5.32 Å². The summed E-state index contributed by atoms with van der Waals surface area (Å²) in [6.45, 7) is 2.31. The Hall–Kier alpha value is -3.85. The van der Waals surface area contributed by atoms with Gasteiger partial charge >= 0.3 is 12.3 Å². The van der Waals surface area contributed by atoms with Gasteiger partial charge in [-0.05, 0) is 80.1 Å². The van der Waals surface area contributed by atoms with Crippen molar-refractivity contribution in [2.75, 3.05) is 16.8 Å². The van der Waals surface area contributed by atoms with E-state index in [1.165, 1.54) is 19.1 Å². The Kier molecular flexibility index (Phi) is 9.16. The number of hydrogen-bond acceptors (Lipinski definition) is 4. The van der Waals surface area contributed by atoms with Gasteiger partial charge in [-0.3, -0.25) is 9.69 Å². The van der Waals surface area contributed by atoms with Gasteiger partial charge in [-0.2, -0.15) is 13.2 Å². The number of hydrogen-bond donors (Lipinski definition) is 2. The van der Waals surface area contributed by atoms with E-state index in [2.05, 4.69) is 10.6 Å². The second kappa shape index (κ2) is 13.0. The van der Waals surface area contributed by atoms with Crippen LogP contribution in [0.1, 0.15) is 66.8 Å². The van der Waals surface area contributed by atoms with E-state index in [9.17, 15) is 22.8 Å². The average molecular weight is 580 g/mol. The molecule has 2 aliphatic rings. The Labute approximate surface area is 244 Å². The number of nitrogens with zero attached hydrogens (tertiary/aromatic N) is 1. The lowest BCUT2D eigenvalue weighted by Crippen LogP contribution is -2.41. The first kappa shape index (κ1) is 29.6. The monoisotopic (exact) mass is 579 g/mol. The summed E-state index contributed by atoms with van der Waals surface area (Å²) in [5, 5.41) is 6.13. The van der Waals surface area contributed by atoms with Crippen LogP contribution in [0.4, 0.5) is 29.3 Å². The van der Waals surface area contributed by atoms with Gasteiger partial charge in [0.1, 0.15) is 6.61 Å². The Morgan fingerprint density at radius 1 is 0.952 bits per heavy atom. The van der Waals surface area contributed by atoms with E-state index >= 15 is 0 Å². The highest BCUT2D eigenvalue weighted by Gasteiger charge is 2.35. The quantitative estimate of drug-likeness (QED) is 0.300. The summed E-state index contributed by atoms with van der Waals surface area (Å²) in [7, 11) is 0. The zero-order chi connectivity index (χ0) is 29.7. The van der Waals surface area contributed by atoms with Gasteiger partial charge in [0.25, 0.3) is 0 Å². The van der Waals surface area contributed by atoms with Crippen molar-refractivity contribution >= 4 is 23.4 Å².